The van der Waals surface area contributed by atoms with E-state index in [1.165, 1.54) is 6.07 Å². The fourth-order valence-corrected chi connectivity index (χ4v) is 2.95. The third kappa shape index (κ3) is 2.88. The largest absolute Gasteiger partial charge is 0.312 e. The fraction of sp³-hybridized carbons (Fsp3) is 0.308. The fourth-order valence-electron chi connectivity index (χ4n) is 1.82. The molecule has 18 heavy (non-hydrogen) atoms. The quantitative estimate of drug-likeness (QED) is 0.925. The average Bonchev–Trinajstić information content (AvgIpc) is 2.76. The average molecular weight is 285 g/mol. The zero-order valence-electron chi connectivity index (χ0n) is 10.2. The second-order valence-corrected chi connectivity index (χ2v) is 5.70. The van der Waals surface area contributed by atoms with E-state index in [0.29, 0.717) is 17.0 Å². The van der Waals surface area contributed by atoms with Crippen molar-refractivity contribution in [1.82, 2.24) is 10.3 Å². The second-order valence-electron chi connectivity index (χ2n) is 4.03. The molecule has 0 amide bonds. The van der Waals surface area contributed by atoms with Crippen LogP contribution in [0.5, 0.6) is 0 Å². The Labute approximate surface area is 115 Å². The molecule has 1 unspecified atom stereocenters. The number of rotatable bonds is 4. The molecule has 0 aliphatic carbocycles. The number of hydrogen-bond acceptors (Lipinski definition) is 3. The van der Waals surface area contributed by atoms with Gasteiger partial charge in [-0.25, -0.2) is 9.37 Å². The summed E-state index contributed by atoms with van der Waals surface area (Å²) < 4.78 is 13.7. The first kappa shape index (κ1) is 13.5. The van der Waals surface area contributed by atoms with E-state index in [9.17, 15) is 4.39 Å². The number of thiazole rings is 1. The van der Waals surface area contributed by atoms with Crippen LogP contribution in [0.4, 0.5) is 4.39 Å². The Hall–Kier alpha value is -0.970. The standard InChI is InChI=1S/C13H14ClFN2S/c1-8-17-7-13(18-8)12(16-2)6-9-10(14)4-3-5-11(9)15/h3-5,7,12,16H,6H2,1-2H3. The molecule has 0 aliphatic heterocycles. The van der Waals surface area contributed by atoms with E-state index in [0.717, 1.165) is 9.88 Å². The van der Waals surface area contributed by atoms with Crippen LogP contribution in [0.1, 0.15) is 21.5 Å². The highest BCUT2D eigenvalue weighted by molar-refractivity contribution is 7.11. The molecule has 2 aromatic rings. The molecule has 0 radical (unpaired) electrons. The monoisotopic (exact) mass is 284 g/mol. The van der Waals surface area contributed by atoms with Gasteiger partial charge < -0.3 is 5.32 Å². The van der Waals surface area contributed by atoms with Gasteiger partial charge >= 0.3 is 0 Å². The van der Waals surface area contributed by atoms with Gasteiger partial charge in [0, 0.05) is 27.7 Å². The van der Waals surface area contributed by atoms with Crippen LogP contribution < -0.4 is 5.32 Å². The summed E-state index contributed by atoms with van der Waals surface area (Å²) >= 11 is 7.66. The van der Waals surface area contributed by atoms with Crippen LogP contribution in [-0.2, 0) is 6.42 Å². The van der Waals surface area contributed by atoms with Gasteiger partial charge in [0.1, 0.15) is 5.82 Å². The third-order valence-corrected chi connectivity index (χ3v) is 4.18. The minimum Gasteiger partial charge on any atom is -0.312 e. The van der Waals surface area contributed by atoms with Gasteiger partial charge in [0.05, 0.1) is 5.01 Å². The SMILES string of the molecule is CNC(Cc1c(F)cccc1Cl)c1cnc(C)s1. The summed E-state index contributed by atoms with van der Waals surface area (Å²) in [4.78, 5) is 5.32. The van der Waals surface area contributed by atoms with Crippen molar-refractivity contribution in [3.63, 3.8) is 0 Å². The van der Waals surface area contributed by atoms with Crippen LogP contribution in [0.25, 0.3) is 0 Å². The van der Waals surface area contributed by atoms with Crippen molar-refractivity contribution >= 4 is 22.9 Å². The van der Waals surface area contributed by atoms with Gasteiger partial charge in [-0.05, 0) is 32.5 Å². The maximum atomic E-state index is 13.7. The smallest absolute Gasteiger partial charge is 0.127 e. The van der Waals surface area contributed by atoms with E-state index in [4.69, 9.17) is 11.6 Å². The zero-order valence-corrected chi connectivity index (χ0v) is 11.8. The summed E-state index contributed by atoms with van der Waals surface area (Å²) in [5, 5.41) is 4.65. The van der Waals surface area contributed by atoms with E-state index >= 15 is 0 Å². The first-order valence-electron chi connectivity index (χ1n) is 5.64. The number of aryl methyl sites for hydroxylation is 1. The first-order valence-corrected chi connectivity index (χ1v) is 6.83. The summed E-state index contributed by atoms with van der Waals surface area (Å²) in [6.07, 6.45) is 2.35. The van der Waals surface area contributed by atoms with Gasteiger partial charge in [-0.3, -0.25) is 0 Å². The molecule has 0 saturated carbocycles. The first-order chi connectivity index (χ1) is 8.61. The van der Waals surface area contributed by atoms with Gasteiger partial charge in [-0.15, -0.1) is 11.3 Å². The molecule has 1 N–H and O–H groups in total. The number of benzene rings is 1. The molecule has 1 atom stereocenters. The van der Waals surface area contributed by atoms with Crippen LogP contribution in [0.15, 0.2) is 24.4 Å². The van der Waals surface area contributed by atoms with Crippen LogP contribution in [0.3, 0.4) is 0 Å². The van der Waals surface area contributed by atoms with Crippen LogP contribution >= 0.6 is 22.9 Å². The van der Waals surface area contributed by atoms with Crippen molar-refractivity contribution in [2.45, 2.75) is 19.4 Å². The Morgan fingerprint density at radius 2 is 2.28 bits per heavy atom. The summed E-state index contributed by atoms with van der Waals surface area (Å²) in [6, 6.07) is 4.80. The van der Waals surface area contributed by atoms with Crippen molar-refractivity contribution in [3.8, 4) is 0 Å². The highest BCUT2D eigenvalue weighted by atomic mass is 35.5. The third-order valence-electron chi connectivity index (χ3n) is 2.80. The van der Waals surface area contributed by atoms with Gasteiger partial charge in [-0.1, -0.05) is 17.7 Å². The Kier molecular flexibility index (Phi) is 4.32. The zero-order chi connectivity index (χ0) is 13.1. The van der Waals surface area contributed by atoms with Crippen molar-refractivity contribution in [1.29, 1.82) is 0 Å². The maximum Gasteiger partial charge on any atom is 0.127 e. The lowest BCUT2D eigenvalue weighted by Crippen LogP contribution is -2.18. The Balaban J connectivity index is 2.26. The topological polar surface area (TPSA) is 24.9 Å². The molecule has 0 spiro atoms. The van der Waals surface area contributed by atoms with Gasteiger partial charge in [0.15, 0.2) is 0 Å². The lowest BCUT2D eigenvalue weighted by Gasteiger charge is -2.15. The summed E-state index contributed by atoms with van der Waals surface area (Å²) in [5.74, 6) is -0.260. The summed E-state index contributed by atoms with van der Waals surface area (Å²) in [7, 11) is 1.86. The number of likely N-dealkylation sites (N-methyl/N-ethyl adjacent to an activating group) is 1. The van der Waals surface area contributed by atoms with E-state index in [1.54, 1.807) is 23.5 Å². The Morgan fingerprint density at radius 1 is 1.50 bits per heavy atom. The molecule has 0 aliphatic rings. The van der Waals surface area contributed by atoms with Crippen LogP contribution in [-0.4, -0.2) is 12.0 Å². The van der Waals surface area contributed by atoms with Gasteiger partial charge in [0.2, 0.25) is 0 Å². The molecule has 0 saturated heterocycles. The Morgan fingerprint density at radius 3 is 2.83 bits per heavy atom. The lowest BCUT2D eigenvalue weighted by molar-refractivity contribution is 0.559. The molecule has 1 heterocycles. The van der Waals surface area contributed by atoms with Gasteiger partial charge in [0.25, 0.3) is 0 Å². The molecule has 1 aromatic carbocycles. The van der Waals surface area contributed by atoms with Crippen molar-refractivity contribution in [2.75, 3.05) is 7.05 Å². The van der Waals surface area contributed by atoms with E-state index < -0.39 is 0 Å². The molecule has 2 rings (SSSR count). The molecule has 0 bridgehead atoms. The highest BCUT2D eigenvalue weighted by Gasteiger charge is 2.17. The molecule has 96 valence electrons. The molecule has 1 aromatic heterocycles. The molecule has 0 fully saturated rings. The van der Waals surface area contributed by atoms with Gasteiger partial charge in [-0.2, -0.15) is 0 Å². The number of halogens is 2. The predicted octanol–water partition coefficient (Wildman–Crippen LogP) is 3.75. The predicted molar refractivity (Wildman–Crippen MR) is 73.8 cm³/mol. The number of aromatic nitrogens is 1. The highest BCUT2D eigenvalue weighted by Crippen LogP contribution is 2.28. The van der Waals surface area contributed by atoms with E-state index in [-0.39, 0.29) is 11.9 Å². The molecular weight excluding hydrogens is 271 g/mol. The number of hydrogen-bond donors (Lipinski definition) is 1. The van der Waals surface area contributed by atoms with Crippen LogP contribution in [0.2, 0.25) is 5.02 Å². The summed E-state index contributed by atoms with van der Waals surface area (Å²) in [5.41, 5.74) is 0.546. The maximum absolute atomic E-state index is 13.7. The summed E-state index contributed by atoms with van der Waals surface area (Å²) in [6.45, 7) is 1.96. The van der Waals surface area contributed by atoms with E-state index in [1.807, 2.05) is 20.2 Å². The minimum atomic E-state index is -0.260. The molecular formula is C13H14ClFN2S. The number of nitrogens with one attached hydrogen (secondary N) is 1. The Bertz CT molecular complexity index is 521. The number of nitrogens with zero attached hydrogens (tertiary/aromatic N) is 1. The normalized spacial score (nSPS) is 12.7. The van der Waals surface area contributed by atoms with E-state index in [2.05, 4.69) is 10.3 Å². The molecule has 2 nitrogen and oxygen atoms in total. The van der Waals surface area contributed by atoms with Crippen LogP contribution in [0, 0.1) is 12.7 Å². The molecule has 5 heteroatoms. The minimum absolute atomic E-state index is 0.0330. The van der Waals surface area contributed by atoms with Crippen molar-refractivity contribution in [2.24, 2.45) is 0 Å². The van der Waals surface area contributed by atoms with Crippen molar-refractivity contribution in [3.05, 3.63) is 50.7 Å². The van der Waals surface area contributed by atoms with Crippen molar-refractivity contribution < 1.29 is 4.39 Å². The second kappa shape index (κ2) is 5.78. The lowest BCUT2D eigenvalue weighted by atomic mass is 10.0.